The first kappa shape index (κ1) is 14.4. The van der Waals surface area contributed by atoms with Crippen LogP contribution in [-0.4, -0.2) is 7.11 Å². The highest BCUT2D eigenvalue weighted by atomic mass is 19.4. The molecule has 1 unspecified atom stereocenters. The highest BCUT2D eigenvalue weighted by molar-refractivity contribution is 5.41. The Balaban J connectivity index is 3.25. The molecular formula is C14H15F3O. The summed E-state index contributed by atoms with van der Waals surface area (Å²) >= 11 is 0. The predicted octanol–water partition coefficient (Wildman–Crippen LogP) is 4.23. The summed E-state index contributed by atoms with van der Waals surface area (Å²) in [6.45, 7) is 1.89. The van der Waals surface area contributed by atoms with Gasteiger partial charge in [0.15, 0.2) is 0 Å². The van der Waals surface area contributed by atoms with Crippen molar-refractivity contribution in [3.63, 3.8) is 0 Å². The Hall–Kier alpha value is -1.63. The van der Waals surface area contributed by atoms with E-state index in [2.05, 4.69) is 5.92 Å². The van der Waals surface area contributed by atoms with Gasteiger partial charge in [-0.15, -0.1) is 12.3 Å². The van der Waals surface area contributed by atoms with Gasteiger partial charge in [0.25, 0.3) is 0 Å². The van der Waals surface area contributed by atoms with Gasteiger partial charge in [0, 0.05) is 6.42 Å². The molecule has 0 aliphatic carbocycles. The van der Waals surface area contributed by atoms with Crippen molar-refractivity contribution in [3.8, 4) is 18.1 Å². The molecule has 0 heterocycles. The normalized spacial score (nSPS) is 12.9. The first-order valence-corrected chi connectivity index (χ1v) is 5.62. The zero-order valence-electron chi connectivity index (χ0n) is 10.3. The summed E-state index contributed by atoms with van der Waals surface area (Å²) < 4.78 is 43.1. The average Bonchev–Trinajstić information content (AvgIpc) is 2.34. The minimum Gasteiger partial charge on any atom is -0.496 e. The van der Waals surface area contributed by atoms with Gasteiger partial charge in [-0.1, -0.05) is 6.92 Å². The lowest BCUT2D eigenvalue weighted by Crippen LogP contribution is -2.08. The number of hydrogen-bond acceptors (Lipinski definition) is 1. The number of hydrogen-bond donors (Lipinski definition) is 0. The summed E-state index contributed by atoms with van der Waals surface area (Å²) in [5, 5.41) is 0. The van der Waals surface area contributed by atoms with E-state index in [1.54, 1.807) is 0 Å². The zero-order chi connectivity index (χ0) is 13.8. The van der Waals surface area contributed by atoms with E-state index in [1.165, 1.54) is 13.2 Å². The number of halogens is 3. The van der Waals surface area contributed by atoms with E-state index in [4.69, 9.17) is 11.2 Å². The van der Waals surface area contributed by atoms with Crippen LogP contribution in [0, 0.1) is 12.3 Å². The van der Waals surface area contributed by atoms with E-state index < -0.39 is 11.7 Å². The smallest absolute Gasteiger partial charge is 0.416 e. The third-order valence-corrected chi connectivity index (χ3v) is 2.85. The Labute approximate surface area is 105 Å². The van der Waals surface area contributed by atoms with Crippen LogP contribution in [0.5, 0.6) is 5.75 Å². The van der Waals surface area contributed by atoms with Gasteiger partial charge in [-0.3, -0.25) is 0 Å². The molecule has 0 aliphatic heterocycles. The number of methoxy groups -OCH3 is 1. The lowest BCUT2D eigenvalue weighted by atomic mass is 9.91. The van der Waals surface area contributed by atoms with Crippen LogP contribution in [0.4, 0.5) is 13.2 Å². The fraction of sp³-hybridized carbons (Fsp3) is 0.429. The van der Waals surface area contributed by atoms with E-state index >= 15 is 0 Å². The number of benzene rings is 1. The molecule has 0 radical (unpaired) electrons. The monoisotopic (exact) mass is 256 g/mol. The second kappa shape index (κ2) is 5.81. The maximum absolute atomic E-state index is 12.7. The molecular weight excluding hydrogens is 241 g/mol. The van der Waals surface area contributed by atoms with Gasteiger partial charge in [0.05, 0.1) is 12.7 Å². The molecule has 1 atom stereocenters. The summed E-state index contributed by atoms with van der Waals surface area (Å²) in [5.41, 5.74) is -0.151. The molecule has 0 saturated heterocycles. The van der Waals surface area contributed by atoms with E-state index in [0.717, 1.165) is 12.1 Å². The Bertz CT molecular complexity index is 443. The van der Waals surface area contributed by atoms with Crippen LogP contribution in [0.1, 0.15) is 36.8 Å². The third-order valence-electron chi connectivity index (χ3n) is 2.85. The fourth-order valence-electron chi connectivity index (χ4n) is 1.85. The van der Waals surface area contributed by atoms with E-state index in [-0.39, 0.29) is 5.92 Å². The summed E-state index contributed by atoms with van der Waals surface area (Å²) in [6.07, 6.45) is 1.96. The fourth-order valence-corrected chi connectivity index (χ4v) is 1.85. The summed E-state index contributed by atoms with van der Waals surface area (Å²) in [7, 11) is 1.44. The van der Waals surface area contributed by atoms with Crippen LogP contribution in [0.3, 0.4) is 0 Å². The average molecular weight is 256 g/mol. The van der Waals surface area contributed by atoms with E-state index in [9.17, 15) is 13.2 Å². The Morgan fingerprint density at radius 2 is 2.06 bits per heavy atom. The topological polar surface area (TPSA) is 9.23 Å². The number of ether oxygens (including phenoxy) is 1. The van der Waals surface area contributed by atoms with Crippen LogP contribution in [0.15, 0.2) is 18.2 Å². The molecule has 0 spiro atoms. The van der Waals surface area contributed by atoms with E-state index in [1.807, 2.05) is 6.92 Å². The van der Waals surface area contributed by atoms with Gasteiger partial charge in [-0.2, -0.15) is 13.2 Å². The van der Waals surface area contributed by atoms with Crippen LogP contribution in [0.2, 0.25) is 0 Å². The Kier molecular flexibility index (Phi) is 4.66. The molecule has 1 aromatic carbocycles. The molecule has 0 aliphatic rings. The molecule has 0 N–H and O–H groups in total. The maximum atomic E-state index is 12.7. The second-order valence-electron chi connectivity index (χ2n) is 3.97. The largest absolute Gasteiger partial charge is 0.496 e. The van der Waals surface area contributed by atoms with Gasteiger partial charge in [-0.25, -0.2) is 0 Å². The van der Waals surface area contributed by atoms with Crippen molar-refractivity contribution in [2.75, 3.05) is 7.11 Å². The van der Waals surface area contributed by atoms with Gasteiger partial charge in [-0.05, 0) is 36.1 Å². The molecule has 0 bridgehead atoms. The summed E-state index contributed by atoms with van der Waals surface area (Å²) in [5.74, 6) is 2.82. The minimum absolute atomic E-state index is 0.118. The van der Waals surface area contributed by atoms with Crippen LogP contribution >= 0.6 is 0 Å². The van der Waals surface area contributed by atoms with Crippen molar-refractivity contribution < 1.29 is 17.9 Å². The molecule has 4 heteroatoms. The molecule has 1 aromatic rings. The van der Waals surface area contributed by atoms with Crippen molar-refractivity contribution in [2.45, 2.75) is 31.9 Å². The van der Waals surface area contributed by atoms with Crippen molar-refractivity contribution in [1.82, 2.24) is 0 Å². The molecule has 0 saturated carbocycles. The Morgan fingerprint density at radius 1 is 1.39 bits per heavy atom. The van der Waals surface area contributed by atoms with Gasteiger partial charge in [0.1, 0.15) is 5.75 Å². The van der Waals surface area contributed by atoms with Crippen molar-refractivity contribution >= 4 is 0 Å². The van der Waals surface area contributed by atoms with Crippen LogP contribution in [0.25, 0.3) is 0 Å². The van der Waals surface area contributed by atoms with Gasteiger partial charge in [0.2, 0.25) is 0 Å². The summed E-state index contributed by atoms with van der Waals surface area (Å²) in [6, 6.07) is 3.49. The van der Waals surface area contributed by atoms with E-state index in [0.29, 0.717) is 24.2 Å². The lowest BCUT2D eigenvalue weighted by Gasteiger charge is -2.18. The minimum atomic E-state index is -4.35. The molecule has 0 amide bonds. The quantitative estimate of drug-likeness (QED) is 0.732. The van der Waals surface area contributed by atoms with Gasteiger partial charge >= 0.3 is 6.18 Å². The van der Waals surface area contributed by atoms with Crippen molar-refractivity contribution in [3.05, 3.63) is 29.3 Å². The lowest BCUT2D eigenvalue weighted by molar-refractivity contribution is -0.137. The molecule has 98 valence electrons. The molecule has 0 fully saturated rings. The molecule has 18 heavy (non-hydrogen) atoms. The number of terminal acetylenes is 1. The summed E-state index contributed by atoms with van der Waals surface area (Å²) in [4.78, 5) is 0. The zero-order valence-corrected chi connectivity index (χ0v) is 10.3. The van der Waals surface area contributed by atoms with Crippen LogP contribution < -0.4 is 4.74 Å². The van der Waals surface area contributed by atoms with Crippen molar-refractivity contribution in [1.29, 1.82) is 0 Å². The highest BCUT2D eigenvalue weighted by Crippen LogP contribution is 2.37. The second-order valence-corrected chi connectivity index (χ2v) is 3.97. The highest BCUT2D eigenvalue weighted by Gasteiger charge is 2.31. The Morgan fingerprint density at radius 3 is 2.50 bits per heavy atom. The van der Waals surface area contributed by atoms with Gasteiger partial charge < -0.3 is 4.74 Å². The predicted molar refractivity (Wildman–Crippen MR) is 64.5 cm³/mol. The first-order valence-electron chi connectivity index (χ1n) is 5.62. The maximum Gasteiger partial charge on any atom is 0.416 e. The van der Waals surface area contributed by atoms with Crippen LogP contribution in [-0.2, 0) is 6.18 Å². The standard InChI is InChI=1S/C14H15F3O/c1-4-6-10(5-2)12-9-11(14(15,16)17)7-8-13(12)18-3/h1,7-10H,5-6H2,2-3H3. The molecule has 1 nitrogen and oxygen atoms in total. The molecule has 1 rings (SSSR count). The number of alkyl halides is 3. The third kappa shape index (κ3) is 3.19. The number of rotatable bonds is 4. The molecule has 0 aromatic heterocycles. The first-order chi connectivity index (χ1) is 8.43. The van der Waals surface area contributed by atoms with Crippen molar-refractivity contribution in [2.24, 2.45) is 0 Å². The SMILES string of the molecule is C#CCC(CC)c1cc(C(F)(F)F)ccc1OC.